The molecular weight excluding hydrogens is 210 g/mol. The quantitative estimate of drug-likeness (QED) is 0.579. The normalized spacial score (nSPS) is 21.2. The van der Waals surface area contributed by atoms with Gasteiger partial charge in [-0.3, -0.25) is 0 Å². The lowest BCUT2D eigenvalue weighted by molar-refractivity contribution is -0.00967. The Morgan fingerprint density at radius 3 is 2.62 bits per heavy atom. The molecule has 5 nitrogen and oxygen atoms in total. The first-order valence-electron chi connectivity index (χ1n) is 5.87. The van der Waals surface area contributed by atoms with Crippen LogP contribution in [0.25, 0.3) is 0 Å². The molecule has 0 amide bonds. The topological polar surface area (TPSA) is 62.2 Å². The van der Waals surface area contributed by atoms with Gasteiger partial charge in [-0.25, -0.2) is 0 Å². The fourth-order valence-electron chi connectivity index (χ4n) is 1.81. The lowest BCUT2D eigenvalue weighted by Crippen LogP contribution is -2.41. The Morgan fingerprint density at radius 2 is 2.00 bits per heavy atom. The number of piperidine rings is 1. The molecule has 1 aliphatic heterocycles. The van der Waals surface area contributed by atoms with Gasteiger partial charge in [0.05, 0.1) is 32.0 Å². The van der Waals surface area contributed by atoms with Crippen LogP contribution < -0.4 is 0 Å². The van der Waals surface area contributed by atoms with Gasteiger partial charge >= 0.3 is 0 Å². The Balaban J connectivity index is 2.02. The summed E-state index contributed by atoms with van der Waals surface area (Å²) in [7, 11) is 1.62. The lowest BCUT2D eigenvalue weighted by atomic mass is 10.1. The van der Waals surface area contributed by atoms with E-state index in [9.17, 15) is 10.2 Å². The van der Waals surface area contributed by atoms with E-state index in [2.05, 4.69) is 4.90 Å². The van der Waals surface area contributed by atoms with Gasteiger partial charge in [-0.1, -0.05) is 0 Å². The van der Waals surface area contributed by atoms with Crippen molar-refractivity contribution in [2.75, 3.05) is 46.6 Å². The standard InChI is InChI=1S/C11H23NO4/c1-15-6-7-16-9-11(14)8-12-4-2-10(13)3-5-12/h10-11,13-14H,2-9H2,1H3. The molecular formula is C11H23NO4. The molecule has 0 aliphatic carbocycles. The first kappa shape index (κ1) is 13.9. The van der Waals surface area contributed by atoms with Crippen molar-refractivity contribution in [3.8, 4) is 0 Å². The predicted octanol–water partition coefficient (Wildman–Crippen LogP) is -0.533. The van der Waals surface area contributed by atoms with E-state index in [0.717, 1.165) is 25.9 Å². The second-order valence-corrected chi connectivity index (χ2v) is 4.25. The van der Waals surface area contributed by atoms with Gasteiger partial charge in [0.2, 0.25) is 0 Å². The highest BCUT2D eigenvalue weighted by Gasteiger charge is 2.19. The third-order valence-corrected chi connectivity index (χ3v) is 2.77. The summed E-state index contributed by atoms with van der Waals surface area (Å²) in [6.45, 7) is 3.77. The number of β-amino-alcohol motifs (C(OH)–C–C–N with tert-alkyl or cyclic N) is 1. The summed E-state index contributed by atoms with van der Waals surface area (Å²) < 4.78 is 10.1. The highest BCUT2D eigenvalue weighted by molar-refractivity contribution is 4.73. The number of likely N-dealkylation sites (tertiary alicyclic amines) is 1. The van der Waals surface area contributed by atoms with Crippen molar-refractivity contribution in [1.82, 2.24) is 4.90 Å². The predicted molar refractivity (Wildman–Crippen MR) is 60.4 cm³/mol. The minimum atomic E-state index is -0.452. The summed E-state index contributed by atoms with van der Waals surface area (Å²) in [4.78, 5) is 2.16. The van der Waals surface area contributed by atoms with Gasteiger partial charge < -0.3 is 24.6 Å². The summed E-state index contributed by atoms with van der Waals surface area (Å²) in [6, 6.07) is 0. The molecule has 0 aromatic rings. The molecule has 16 heavy (non-hydrogen) atoms. The van der Waals surface area contributed by atoms with E-state index < -0.39 is 6.10 Å². The first-order chi connectivity index (χ1) is 7.72. The number of methoxy groups -OCH3 is 1. The van der Waals surface area contributed by atoms with Gasteiger partial charge in [0.15, 0.2) is 0 Å². The zero-order chi connectivity index (χ0) is 11.8. The second-order valence-electron chi connectivity index (χ2n) is 4.25. The highest BCUT2D eigenvalue weighted by Crippen LogP contribution is 2.10. The largest absolute Gasteiger partial charge is 0.393 e. The van der Waals surface area contributed by atoms with Crippen molar-refractivity contribution in [3.63, 3.8) is 0 Å². The number of hydrogen-bond donors (Lipinski definition) is 2. The molecule has 0 bridgehead atoms. The van der Waals surface area contributed by atoms with Gasteiger partial charge in [0.1, 0.15) is 0 Å². The zero-order valence-corrected chi connectivity index (χ0v) is 9.97. The van der Waals surface area contributed by atoms with Crippen molar-refractivity contribution in [2.24, 2.45) is 0 Å². The molecule has 1 rings (SSSR count). The third-order valence-electron chi connectivity index (χ3n) is 2.77. The van der Waals surface area contributed by atoms with Crippen LogP contribution in [-0.4, -0.2) is 73.9 Å². The van der Waals surface area contributed by atoms with E-state index in [-0.39, 0.29) is 6.10 Å². The molecule has 96 valence electrons. The average molecular weight is 233 g/mol. The molecule has 1 unspecified atom stereocenters. The Morgan fingerprint density at radius 1 is 1.31 bits per heavy atom. The van der Waals surface area contributed by atoms with Crippen molar-refractivity contribution in [3.05, 3.63) is 0 Å². The van der Waals surface area contributed by atoms with Gasteiger partial charge in [-0.2, -0.15) is 0 Å². The van der Waals surface area contributed by atoms with Gasteiger partial charge in [-0.05, 0) is 12.8 Å². The fraction of sp³-hybridized carbons (Fsp3) is 1.00. The zero-order valence-electron chi connectivity index (χ0n) is 9.97. The number of aliphatic hydroxyl groups excluding tert-OH is 2. The van der Waals surface area contributed by atoms with E-state index in [1.165, 1.54) is 0 Å². The van der Waals surface area contributed by atoms with Crippen LogP contribution >= 0.6 is 0 Å². The van der Waals surface area contributed by atoms with E-state index in [1.807, 2.05) is 0 Å². The van der Waals surface area contributed by atoms with Crippen LogP contribution in [0.4, 0.5) is 0 Å². The average Bonchev–Trinajstić information content (AvgIpc) is 2.28. The lowest BCUT2D eigenvalue weighted by Gasteiger charge is -2.30. The van der Waals surface area contributed by atoms with Crippen LogP contribution in [0.15, 0.2) is 0 Å². The van der Waals surface area contributed by atoms with E-state index in [0.29, 0.717) is 26.4 Å². The van der Waals surface area contributed by atoms with E-state index in [4.69, 9.17) is 9.47 Å². The number of aliphatic hydroxyl groups is 2. The maximum Gasteiger partial charge on any atom is 0.0900 e. The molecule has 0 saturated carbocycles. The minimum Gasteiger partial charge on any atom is -0.393 e. The van der Waals surface area contributed by atoms with E-state index in [1.54, 1.807) is 7.11 Å². The van der Waals surface area contributed by atoms with Crippen LogP contribution in [-0.2, 0) is 9.47 Å². The highest BCUT2D eigenvalue weighted by atomic mass is 16.5. The van der Waals surface area contributed by atoms with E-state index >= 15 is 0 Å². The maximum atomic E-state index is 9.70. The molecule has 2 N–H and O–H groups in total. The summed E-state index contributed by atoms with van der Waals surface area (Å²) in [5.41, 5.74) is 0. The first-order valence-corrected chi connectivity index (χ1v) is 5.87. The Labute approximate surface area is 97.0 Å². The maximum absolute atomic E-state index is 9.70. The van der Waals surface area contributed by atoms with Crippen LogP contribution in [0, 0.1) is 0 Å². The molecule has 1 saturated heterocycles. The molecule has 1 atom stereocenters. The summed E-state index contributed by atoms with van der Waals surface area (Å²) in [6.07, 6.45) is 0.993. The Hall–Kier alpha value is -0.200. The SMILES string of the molecule is COCCOCC(O)CN1CCC(O)CC1. The van der Waals surface area contributed by atoms with Gasteiger partial charge in [0.25, 0.3) is 0 Å². The summed E-state index contributed by atoms with van der Waals surface area (Å²) in [5, 5.41) is 19.0. The van der Waals surface area contributed by atoms with Crippen LogP contribution in [0.1, 0.15) is 12.8 Å². The van der Waals surface area contributed by atoms with Crippen LogP contribution in [0.2, 0.25) is 0 Å². The molecule has 0 aromatic heterocycles. The smallest absolute Gasteiger partial charge is 0.0900 e. The second kappa shape index (κ2) is 7.97. The molecule has 0 spiro atoms. The van der Waals surface area contributed by atoms with Crippen molar-refractivity contribution < 1.29 is 19.7 Å². The molecule has 5 heteroatoms. The third kappa shape index (κ3) is 5.77. The van der Waals surface area contributed by atoms with Gasteiger partial charge in [0, 0.05) is 26.7 Å². The molecule has 0 radical (unpaired) electrons. The van der Waals surface area contributed by atoms with Crippen molar-refractivity contribution in [1.29, 1.82) is 0 Å². The minimum absolute atomic E-state index is 0.161. The summed E-state index contributed by atoms with van der Waals surface area (Å²) in [5.74, 6) is 0. The molecule has 1 aliphatic rings. The van der Waals surface area contributed by atoms with Crippen LogP contribution in [0.3, 0.4) is 0 Å². The van der Waals surface area contributed by atoms with Crippen molar-refractivity contribution >= 4 is 0 Å². The van der Waals surface area contributed by atoms with Gasteiger partial charge in [-0.15, -0.1) is 0 Å². The van der Waals surface area contributed by atoms with Crippen molar-refractivity contribution in [2.45, 2.75) is 25.0 Å². The number of nitrogens with zero attached hydrogens (tertiary/aromatic N) is 1. The number of rotatable bonds is 7. The molecule has 0 aromatic carbocycles. The molecule has 1 heterocycles. The Bertz CT molecular complexity index is 171. The molecule has 1 fully saturated rings. The Kier molecular flexibility index (Phi) is 6.91. The monoisotopic (exact) mass is 233 g/mol. The van der Waals surface area contributed by atoms with Crippen LogP contribution in [0.5, 0.6) is 0 Å². The number of ether oxygens (including phenoxy) is 2. The fourth-order valence-corrected chi connectivity index (χ4v) is 1.81. The number of hydrogen-bond acceptors (Lipinski definition) is 5. The summed E-state index contributed by atoms with van der Waals surface area (Å²) >= 11 is 0.